The lowest BCUT2D eigenvalue weighted by Gasteiger charge is -2.53. The number of fused-ring (bicyclic) bond motifs is 5. The topological polar surface area (TPSA) is 109 Å². The molecule has 0 aromatic rings. The number of carbonyl (C=O) groups is 2. The van der Waals surface area contributed by atoms with Gasteiger partial charge in [0.25, 0.3) is 0 Å². The van der Waals surface area contributed by atoms with E-state index >= 15 is 0 Å². The minimum atomic E-state index is -0.104. The Kier molecular flexibility index (Phi) is 13.8. The number of rotatable bonds is 18. The van der Waals surface area contributed by atoms with Crippen LogP contribution in [0.15, 0.2) is 23.5 Å². The molecule has 4 aliphatic carbocycles. The van der Waals surface area contributed by atoms with Crippen molar-refractivity contribution in [1.29, 1.82) is 0 Å². The highest BCUT2D eigenvalue weighted by molar-refractivity contribution is 5.78. The van der Waals surface area contributed by atoms with Crippen LogP contribution in [0.25, 0.3) is 0 Å². The molecule has 3 saturated carbocycles. The molecular formula is C36H61N3O6. The van der Waals surface area contributed by atoms with Crippen LogP contribution < -0.4 is 10.6 Å². The molecule has 4 aliphatic rings. The number of hydrogen-bond acceptors (Lipinski definition) is 7. The Bertz CT molecular complexity index is 1000. The van der Waals surface area contributed by atoms with Crippen molar-refractivity contribution in [1.82, 2.24) is 15.5 Å². The van der Waals surface area contributed by atoms with E-state index in [1.54, 1.807) is 5.57 Å². The van der Waals surface area contributed by atoms with Crippen molar-refractivity contribution in [3.8, 4) is 0 Å². The number of nitrogens with zero attached hydrogens (tertiary/aromatic N) is 1. The second kappa shape index (κ2) is 17.3. The van der Waals surface area contributed by atoms with Gasteiger partial charge in [-0.1, -0.05) is 40.2 Å². The molecule has 6 atom stereocenters. The fraction of sp³-hybridized carbons (Fsp3) is 0.833. The van der Waals surface area contributed by atoms with E-state index < -0.39 is 0 Å². The van der Waals surface area contributed by atoms with Crippen LogP contribution in [0, 0.1) is 40.9 Å². The molecule has 0 radical (unpaired) electrons. The zero-order valence-electron chi connectivity index (χ0n) is 28.7. The van der Waals surface area contributed by atoms with Crippen LogP contribution in [0.3, 0.4) is 0 Å². The third-order valence-electron chi connectivity index (χ3n) is 11.0. The second-order valence-electron chi connectivity index (χ2n) is 14.6. The molecule has 9 heteroatoms. The molecule has 3 N–H and O–H groups in total. The molecule has 0 saturated heterocycles. The number of hydrogen-bond donors (Lipinski definition) is 3. The van der Waals surface area contributed by atoms with Crippen LogP contribution in [0.1, 0.15) is 79.6 Å². The first kappa shape index (κ1) is 35.9. The SMILES string of the molecule is CC(C)C(=O)NCCN(CCNC(=O)C(C)C)CCOCCOCCOC1=CCC2C(=C1)CCC1C2CCC2(C)C(O)CCC12. The van der Waals surface area contributed by atoms with E-state index in [0.29, 0.717) is 77.6 Å². The monoisotopic (exact) mass is 631 g/mol. The van der Waals surface area contributed by atoms with Gasteiger partial charge >= 0.3 is 0 Å². The fourth-order valence-electron chi connectivity index (χ4n) is 8.24. The number of allylic oxidation sites excluding steroid dienone is 3. The summed E-state index contributed by atoms with van der Waals surface area (Å²) in [6.07, 6.45) is 12.6. The molecule has 2 amide bonds. The molecule has 45 heavy (non-hydrogen) atoms. The van der Waals surface area contributed by atoms with Gasteiger partial charge in [-0.3, -0.25) is 14.5 Å². The van der Waals surface area contributed by atoms with Crippen molar-refractivity contribution >= 4 is 11.8 Å². The van der Waals surface area contributed by atoms with E-state index in [0.717, 1.165) is 30.4 Å². The van der Waals surface area contributed by atoms with E-state index in [1.165, 1.54) is 32.1 Å². The minimum absolute atomic E-state index is 0.0385. The third-order valence-corrected chi connectivity index (χ3v) is 11.0. The summed E-state index contributed by atoms with van der Waals surface area (Å²) in [6, 6.07) is 0. The predicted octanol–water partition coefficient (Wildman–Crippen LogP) is 4.31. The van der Waals surface area contributed by atoms with Crippen LogP contribution in [0.2, 0.25) is 0 Å². The Morgan fingerprint density at radius 1 is 0.889 bits per heavy atom. The second-order valence-corrected chi connectivity index (χ2v) is 14.6. The lowest BCUT2D eigenvalue weighted by atomic mass is 9.52. The Hall–Kier alpha value is -1.94. The Labute approximate surface area is 271 Å². The van der Waals surface area contributed by atoms with Crippen molar-refractivity contribution in [3.63, 3.8) is 0 Å². The first-order valence-corrected chi connectivity index (χ1v) is 17.7. The van der Waals surface area contributed by atoms with Gasteiger partial charge in [0, 0.05) is 44.6 Å². The maximum Gasteiger partial charge on any atom is 0.222 e. The lowest BCUT2D eigenvalue weighted by molar-refractivity contribution is -0.124. The van der Waals surface area contributed by atoms with Crippen LogP contribution in [0.5, 0.6) is 0 Å². The molecule has 4 rings (SSSR count). The zero-order chi connectivity index (χ0) is 32.4. The number of nitrogens with one attached hydrogen (secondary N) is 2. The number of aliphatic hydroxyl groups is 1. The van der Waals surface area contributed by atoms with Crippen molar-refractivity contribution in [2.45, 2.75) is 85.7 Å². The van der Waals surface area contributed by atoms with Gasteiger partial charge in [0.15, 0.2) is 0 Å². The minimum Gasteiger partial charge on any atom is -0.492 e. The molecule has 0 heterocycles. The Morgan fingerprint density at radius 2 is 1.53 bits per heavy atom. The lowest BCUT2D eigenvalue weighted by Crippen LogP contribution is -2.47. The summed E-state index contributed by atoms with van der Waals surface area (Å²) in [4.78, 5) is 26.0. The molecule has 0 spiro atoms. The smallest absolute Gasteiger partial charge is 0.222 e. The quantitative estimate of drug-likeness (QED) is 0.194. The van der Waals surface area contributed by atoms with Gasteiger partial charge in [-0.25, -0.2) is 0 Å². The summed E-state index contributed by atoms with van der Waals surface area (Å²) in [5.41, 5.74) is 1.72. The highest BCUT2D eigenvalue weighted by atomic mass is 16.5. The third kappa shape index (κ3) is 9.78. The van der Waals surface area contributed by atoms with Gasteiger partial charge in [0.2, 0.25) is 11.8 Å². The molecular weight excluding hydrogens is 570 g/mol. The maximum absolute atomic E-state index is 11.9. The molecule has 9 nitrogen and oxygen atoms in total. The van der Waals surface area contributed by atoms with Gasteiger partial charge in [-0.05, 0) is 86.2 Å². The van der Waals surface area contributed by atoms with Crippen LogP contribution in [-0.4, -0.2) is 93.7 Å². The maximum atomic E-state index is 11.9. The van der Waals surface area contributed by atoms with Gasteiger partial charge < -0.3 is 30.0 Å². The molecule has 6 unspecified atom stereocenters. The van der Waals surface area contributed by atoms with Gasteiger partial charge in [-0.2, -0.15) is 0 Å². The van der Waals surface area contributed by atoms with Crippen LogP contribution >= 0.6 is 0 Å². The van der Waals surface area contributed by atoms with E-state index in [4.69, 9.17) is 14.2 Å². The first-order valence-electron chi connectivity index (χ1n) is 17.7. The average molecular weight is 632 g/mol. The molecule has 256 valence electrons. The number of carbonyl (C=O) groups excluding carboxylic acids is 2. The summed E-state index contributed by atoms with van der Waals surface area (Å²) >= 11 is 0. The highest BCUT2D eigenvalue weighted by Crippen LogP contribution is 2.61. The average Bonchev–Trinajstić information content (AvgIpc) is 3.33. The van der Waals surface area contributed by atoms with E-state index in [-0.39, 0.29) is 35.2 Å². The first-order chi connectivity index (χ1) is 21.6. The van der Waals surface area contributed by atoms with E-state index in [9.17, 15) is 14.7 Å². The van der Waals surface area contributed by atoms with Gasteiger partial charge in [0.1, 0.15) is 12.4 Å². The normalized spacial score (nSPS) is 29.1. The summed E-state index contributed by atoms with van der Waals surface area (Å²) in [6.45, 7) is 15.8. The van der Waals surface area contributed by atoms with E-state index in [2.05, 4.69) is 34.6 Å². The fourth-order valence-corrected chi connectivity index (χ4v) is 8.24. The predicted molar refractivity (Wildman–Crippen MR) is 176 cm³/mol. The largest absolute Gasteiger partial charge is 0.492 e. The summed E-state index contributed by atoms with van der Waals surface area (Å²) in [7, 11) is 0. The van der Waals surface area contributed by atoms with Crippen LogP contribution in [-0.2, 0) is 23.8 Å². The van der Waals surface area contributed by atoms with Crippen molar-refractivity contribution in [2.75, 3.05) is 65.8 Å². The number of amides is 2. The van der Waals surface area contributed by atoms with Crippen molar-refractivity contribution in [2.24, 2.45) is 40.9 Å². The molecule has 0 bridgehead atoms. The van der Waals surface area contributed by atoms with Crippen molar-refractivity contribution in [3.05, 3.63) is 23.5 Å². The van der Waals surface area contributed by atoms with Crippen molar-refractivity contribution < 1.29 is 28.9 Å². The number of ether oxygens (including phenoxy) is 3. The summed E-state index contributed by atoms with van der Waals surface area (Å²) in [5.74, 6) is 3.89. The molecule has 0 aromatic heterocycles. The Balaban J connectivity index is 1.07. The van der Waals surface area contributed by atoms with Gasteiger partial charge in [0.05, 0.1) is 32.5 Å². The summed E-state index contributed by atoms with van der Waals surface area (Å²) in [5, 5.41) is 16.6. The zero-order valence-corrected chi connectivity index (χ0v) is 28.7. The van der Waals surface area contributed by atoms with E-state index in [1.807, 2.05) is 27.7 Å². The Morgan fingerprint density at radius 3 is 2.20 bits per heavy atom. The highest BCUT2D eigenvalue weighted by Gasteiger charge is 2.55. The molecule has 0 aliphatic heterocycles. The number of aliphatic hydroxyl groups excluding tert-OH is 1. The molecule has 3 fully saturated rings. The summed E-state index contributed by atoms with van der Waals surface area (Å²) < 4.78 is 17.7. The van der Waals surface area contributed by atoms with Crippen LogP contribution in [0.4, 0.5) is 0 Å². The molecule has 0 aromatic carbocycles. The van der Waals surface area contributed by atoms with Gasteiger partial charge in [-0.15, -0.1) is 0 Å². The standard InChI is InChI=1S/C36H61N3O6/c1-25(2)34(41)37-14-16-39(17-15-38-35(42)26(3)4)18-19-43-20-21-44-22-23-45-28-7-9-29-27(24-28)6-8-31-30(29)12-13-36(5)32(31)10-11-33(36)40/h7,24-26,29-33,40H,6,8-23H2,1-5H3,(H,37,41)(H,38,42).